The predicted molar refractivity (Wildman–Crippen MR) is 53.3 cm³/mol. The fraction of sp³-hybridized carbons (Fsp3) is 0.636. The number of hydrogen-bond donors (Lipinski definition) is 0. The summed E-state index contributed by atoms with van der Waals surface area (Å²) in [5.41, 5.74) is 0. The van der Waals surface area contributed by atoms with Crippen LogP contribution in [0.15, 0.2) is 22.2 Å². The van der Waals surface area contributed by atoms with Crippen molar-refractivity contribution < 1.29 is 16.1 Å². The van der Waals surface area contributed by atoms with Crippen LogP contribution in [0.25, 0.3) is 0 Å². The van der Waals surface area contributed by atoms with E-state index in [1.54, 1.807) is 0 Å². The summed E-state index contributed by atoms with van der Waals surface area (Å²) < 4.78 is 1.83. The van der Waals surface area contributed by atoms with Gasteiger partial charge in [-0.2, -0.15) is 0 Å². The van der Waals surface area contributed by atoms with Crippen LogP contribution in [0.3, 0.4) is 0 Å². The molecule has 1 heteroatoms. The van der Waals surface area contributed by atoms with Crippen LogP contribution in [-0.2, 0) is 16.1 Å². The third-order valence-corrected chi connectivity index (χ3v) is 15.6. The van der Waals surface area contributed by atoms with E-state index < -0.39 is 16.1 Å². The van der Waals surface area contributed by atoms with Gasteiger partial charge >= 0.3 is 79.9 Å². The molecule has 0 amide bonds. The molecule has 1 rings (SSSR count). The molecule has 0 radical (unpaired) electrons. The van der Waals surface area contributed by atoms with Crippen molar-refractivity contribution in [3.63, 3.8) is 0 Å². The Hall–Kier alpha value is 0.168. The van der Waals surface area contributed by atoms with Gasteiger partial charge in [0.15, 0.2) is 0 Å². The van der Waals surface area contributed by atoms with Gasteiger partial charge < -0.3 is 0 Å². The van der Waals surface area contributed by atoms with Gasteiger partial charge in [-0.05, 0) is 0 Å². The van der Waals surface area contributed by atoms with Crippen molar-refractivity contribution in [1.82, 2.24) is 0 Å². The Morgan fingerprint density at radius 2 is 1.75 bits per heavy atom. The Morgan fingerprint density at radius 3 is 2.08 bits per heavy atom. The summed E-state index contributed by atoms with van der Waals surface area (Å²) in [5, 5.41) is 0. The average Bonchev–Trinajstić information content (AvgIpc) is 2.62. The Kier molecular flexibility index (Phi) is 3.77. The Morgan fingerprint density at radius 1 is 1.17 bits per heavy atom. The van der Waals surface area contributed by atoms with Crippen LogP contribution in [-0.4, -0.2) is 0 Å². The van der Waals surface area contributed by atoms with E-state index in [4.69, 9.17) is 0 Å². The first-order valence-corrected chi connectivity index (χ1v) is 10.6. The maximum atomic E-state index is 2.40. The molecule has 0 aromatic carbocycles. The Balaban J connectivity index is 2.77. The van der Waals surface area contributed by atoms with E-state index in [0.717, 1.165) is 0 Å². The monoisotopic (exact) mass is 347 g/mol. The molecule has 0 nitrogen and oxygen atoms in total. The van der Waals surface area contributed by atoms with Gasteiger partial charge in [-0.25, -0.2) is 0 Å². The molecule has 0 aromatic rings. The SMILES string of the molecule is C[CH2][Pt]([CH2]C)([CH2]C)[C]1=CC=CC1. The molecule has 74 valence electrons. The zero-order valence-corrected chi connectivity index (χ0v) is 10.6. The maximum absolute atomic E-state index is 2.40. The molecule has 1 aliphatic rings. The minimum absolute atomic E-state index is 1.27. The van der Waals surface area contributed by atoms with E-state index in [1.165, 1.54) is 20.9 Å². The van der Waals surface area contributed by atoms with E-state index >= 15 is 0 Å². The fourth-order valence-electron chi connectivity index (χ4n) is 1.56. The fourth-order valence-corrected chi connectivity index (χ4v) is 10.3. The Labute approximate surface area is 79.9 Å². The molecular formula is C11H20Pt. The van der Waals surface area contributed by atoms with Crippen molar-refractivity contribution in [2.45, 2.75) is 41.6 Å². The number of allylic oxidation sites excluding steroid dienone is 4. The molecule has 0 N–H and O–H groups in total. The van der Waals surface area contributed by atoms with Gasteiger partial charge in [0.2, 0.25) is 0 Å². The standard InChI is InChI=1S/C5H5.3C2H5.Pt/c1-2-4-5-3-1;3*1-2;/h1-3H,4H2;3*1H2,2H3;. The summed E-state index contributed by atoms with van der Waals surface area (Å²) in [6, 6.07) is 0. The zero-order valence-electron chi connectivity index (χ0n) is 8.38. The molecule has 0 bridgehead atoms. The third-order valence-electron chi connectivity index (χ3n) is 2.42. The molecule has 0 saturated heterocycles. The van der Waals surface area contributed by atoms with Gasteiger partial charge in [0.1, 0.15) is 0 Å². The second-order valence-electron chi connectivity index (χ2n) is 2.69. The van der Waals surface area contributed by atoms with Crippen LogP contribution in [0.1, 0.15) is 27.2 Å². The van der Waals surface area contributed by atoms with Gasteiger partial charge in [-0.1, -0.05) is 0 Å². The van der Waals surface area contributed by atoms with Crippen LogP contribution in [0, 0.1) is 0 Å². The summed E-state index contributed by atoms with van der Waals surface area (Å²) in [5.74, 6) is 0. The van der Waals surface area contributed by atoms with Crippen LogP contribution >= 0.6 is 0 Å². The second kappa shape index (κ2) is 4.42. The quantitative estimate of drug-likeness (QED) is 0.711. The van der Waals surface area contributed by atoms with E-state index in [2.05, 4.69) is 39.0 Å². The molecular weight excluding hydrogens is 327 g/mol. The van der Waals surface area contributed by atoms with Crippen molar-refractivity contribution in [3.8, 4) is 0 Å². The third kappa shape index (κ3) is 1.74. The molecule has 0 heterocycles. The summed E-state index contributed by atoms with van der Waals surface area (Å²) in [6.45, 7) is 7.18. The summed E-state index contributed by atoms with van der Waals surface area (Å²) in [7, 11) is 0. The normalized spacial score (nSPS) is 18.1. The molecule has 1 aliphatic carbocycles. The van der Waals surface area contributed by atoms with Gasteiger partial charge in [-0.3, -0.25) is 0 Å². The Bertz CT molecular complexity index is 189. The van der Waals surface area contributed by atoms with Gasteiger partial charge in [0, 0.05) is 0 Å². The predicted octanol–water partition coefficient (Wildman–Crippen LogP) is 4.30. The molecule has 0 atom stereocenters. The van der Waals surface area contributed by atoms with E-state index in [0.29, 0.717) is 0 Å². The van der Waals surface area contributed by atoms with Crippen LogP contribution in [0.5, 0.6) is 0 Å². The van der Waals surface area contributed by atoms with E-state index in [1.807, 2.05) is 3.96 Å². The molecule has 12 heavy (non-hydrogen) atoms. The van der Waals surface area contributed by atoms with Crippen molar-refractivity contribution in [3.05, 3.63) is 22.2 Å². The first-order chi connectivity index (χ1) is 5.79. The first kappa shape index (κ1) is 10.3. The van der Waals surface area contributed by atoms with Crippen LogP contribution in [0.2, 0.25) is 14.4 Å². The van der Waals surface area contributed by atoms with E-state index in [-0.39, 0.29) is 0 Å². The van der Waals surface area contributed by atoms with Crippen molar-refractivity contribution in [2.75, 3.05) is 0 Å². The van der Waals surface area contributed by atoms with Gasteiger partial charge in [-0.15, -0.1) is 0 Å². The topological polar surface area (TPSA) is 0 Å². The second-order valence-corrected chi connectivity index (χ2v) is 14.8. The van der Waals surface area contributed by atoms with Crippen molar-refractivity contribution >= 4 is 0 Å². The number of hydrogen-bond acceptors (Lipinski definition) is 0. The number of rotatable bonds is 4. The molecule has 0 unspecified atom stereocenters. The van der Waals surface area contributed by atoms with Crippen LogP contribution < -0.4 is 0 Å². The van der Waals surface area contributed by atoms with Gasteiger partial charge in [0.05, 0.1) is 0 Å². The first-order valence-electron chi connectivity index (χ1n) is 4.67. The molecule has 0 fully saturated rings. The molecule has 0 aromatic heterocycles. The van der Waals surface area contributed by atoms with Crippen molar-refractivity contribution in [1.29, 1.82) is 0 Å². The minimum atomic E-state index is -1.43. The zero-order chi connectivity index (χ0) is 9.03. The molecule has 0 aliphatic heterocycles. The summed E-state index contributed by atoms with van der Waals surface area (Å²) >= 11 is -1.43. The van der Waals surface area contributed by atoms with Crippen molar-refractivity contribution in [2.24, 2.45) is 0 Å². The van der Waals surface area contributed by atoms with Gasteiger partial charge in [0.25, 0.3) is 0 Å². The summed E-state index contributed by atoms with van der Waals surface area (Å²) in [4.78, 5) is 4.40. The molecule has 0 spiro atoms. The molecule has 0 saturated carbocycles. The summed E-state index contributed by atoms with van der Waals surface area (Å²) in [6.07, 6.45) is 8.23. The van der Waals surface area contributed by atoms with E-state index in [9.17, 15) is 0 Å². The average molecular weight is 347 g/mol. The van der Waals surface area contributed by atoms with Crippen LogP contribution in [0.4, 0.5) is 0 Å².